The van der Waals surface area contributed by atoms with Gasteiger partial charge in [0.05, 0.1) is 19.3 Å². The number of carbonyl (C=O) groups excluding carboxylic acids is 1. The zero-order valence-corrected chi connectivity index (χ0v) is 9.39. The second kappa shape index (κ2) is 5.23. The average Bonchev–Trinajstić information content (AvgIpc) is 2.60. The van der Waals surface area contributed by atoms with Crippen molar-refractivity contribution < 1.29 is 14.3 Å². The number of hydrogen-bond donors (Lipinski definition) is 0. The summed E-state index contributed by atoms with van der Waals surface area (Å²) >= 11 is 0. The number of carbonyl (C=O) groups is 1. The van der Waals surface area contributed by atoms with Gasteiger partial charge in [0.1, 0.15) is 6.10 Å². The van der Waals surface area contributed by atoms with Gasteiger partial charge in [-0.3, -0.25) is 4.79 Å². The predicted molar refractivity (Wildman–Crippen MR) is 60.1 cm³/mol. The molecule has 0 spiro atoms. The maximum absolute atomic E-state index is 11.2. The lowest BCUT2D eigenvalue weighted by Crippen LogP contribution is -2.15. The number of ketones is 1. The quantitative estimate of drug-likeness (QED) is 0.778. The first-order chi connectivity index (χ1) is 7.75. The van der Waals surface area contributed by atoms with E-state index >= 15 is 0 Å². The molecule has 1 aromatic carbocycles. The molecule has 0 radical (unpaired) electrons. The molecular formula is C13H16O3. The lowest BCUT2D eigenvalue weighted by Gasteiger charge is -2.10. The Kier molecular flexibility index (Phi) is 3.70. The van der Waals surface area contributed by atoms with Gasteiger partial charge < -0.3 is 9.47 Å². The van der Waals surface area contributed by atoms with E-state index in [-0.39, 0.29) is 18.0 Å². The predicted octanol–water partition coefficient (Wildman–Crippen LogP) is 1.95. The third kappa shape index (κ3) is 2.90. The van der Waals surface area contributed by atoms with E-state index in [1.807, 2.05) is 30.3 Å². The molecule has 1 aromatic rings. The summed E-state index contributed by atoms with van der Waals surface area (Å²) in [6, 6.07) is 9.98. The highest BCUT2D eigenvalue weighted by Gasteiger charge is 2.29. The van der Waals surface area contributed by atoms with Crippen molar-refractivity contribution in [3.63, 3.8) is 0 Å². The van der Waals surface area contributed by atoms with Gasteiger partial charge in [-0.25, -0.2) is 0 Å². The molecule has 0 saturated carbocycles. The Morgan fingerprint density at radius 1 is 1.38 bits per heavy atom. The van der Waals surface area contributed by atoms with E-state index in [1.54, 1.807) is 6.92 Å². The van der Waals surface area contributed by atoms with E-state index in [1.165, 1.54) is 0 Å². The maximum Gasteiger partial charge on any atom is 0.163 e. The Morgan fingerprint density at radius 2 is 2.12 bits per heavy atom. The summed E-state index contributed by atoms with van der Waals surface area (Å²) in [6.07, 6.45) is 0.159. The summed E-state index contributed by atoms with van der Waals surface area (Å²) < 4.78 is 11.0. The van der Waals surface area contributed by atoms with Gasteiger partial charge in [0.15, 0.2) is 5.78 Å². The Morgan fingerprint density at radius 3 is 2.75 bits per heavy atom. The first-order valence-corrected chi connectivity index (χ1v) is 5.55. The second-order valence-corrected chi connectivity index (χ2v) is 4.07. The van der Waals surface area contributed by atoms with Gasteiger partial charge in [-0.15, -0.1) is 0 Å². The molecule has 0 amide bonds. The fraction of sp³-hybridized carbons (Fsp3) is 0.462. The maximum atomic E-state index is 11.2. The fourth-order valence-electron chi connectivity index (χ4n) is 1.78. The van der Waals surface area contributed by atoms with Gasteiger partial charge in [-0.05, 0) is 12.5 Å². The van der Waals surface area contributed by atoms with Crippen molar-refractivity contribution in [2.75, 3.05) is 6.61 Å². The summed E-state index contributed by atoms with van der Waals surface area (Å²) in [6.45, 7) is 2.85. The first-order valence-electron chi connectivity index (χ1n) is 5.55. The molecule has 1 aliphatic rings. The van der Waals surface area contributed by atoms with E-state index in [2.05, 4.69) is 0 Å². The Bertz CT molecular complexity index is 347. The standard InChI is InChI=1S/C13H16O3/c1-10-13(14)7-12(16-10)9-15-8-11-5-3-2-4-6-11/h2-6,10,12H,7-9H2,1H3/t10-,12+/m1/s1. The van der Waals surface area contributed by atoms with Gasteiger partial charge in [0, 0.05) is 6.42 Å². The monoisotopic (exact) mass is 220 g/mol. The van der Waals surface area contributed by atoms with Crippen molar-refractivity contribution in [1.29, 1.82) is 0 Å². The van der Waals surface area contributed by atoms with Crippen molar-refractivity contribution >= 4 is 5.78 Å². The molecule has 0 N–H and O–H groups in total. The van der Waals surface area contributed by atoms with Crippen LogP contribution in [0.15, 0.2) is 30.3 Å². The molecule has 16 heavy (non-hydrogen) atoms. The van der Waals surface area contributed by atoms with Crippen molar-refractivity contribution in [2.45, 2.75) is 32.2 Å². The highest BCUT2D eigenvalue weighted by atomic mass is 16.5. The van der Waals surface area contributed by atoms with E-state index in [0.717, 1.165) is 5.56 Å². The van der Waals surface area contributed by atoms with Crippen LogP contribution in [0.2, 0.25) is 0 Å². The van der Waals surface area contributed by atoms with Crippen LogP contribution >= 0.6 is 0 Å². The van der Waals surface area contributed by atoms with Crippen LogP contribution in [-0.4, -0.2) is 24.6 Å². The molecule has 0 bridgehead atoms. The Labute approximate surface area is 95.4 Å². The second-order valence-electron chi connectivity index (χ2n) is 4.07. The lowest BCUT2D eigenvalue weighted by molar-refractivity contribution is -0.121. The van der Waals surface area contributed by atoms with Crippen molar-refractivity contribution in [3.05, 3.63) is 35.9 Å². The summed E-state index contributed by atoms with van der Waals surface area (Å²) in [4.78, 5) is 11.2. The van der Waals surface area contributed by atoms with Crippen LogP contribution in [0.1, 0.15) is 18.9 Å². The normalized spacial score (nSPS) is 24.9. The summed E-state index contributed by atoms with van der Waals surface area (Å²) in [5, 5.41) is 0. The van der Waals surface area contributed by atoms with E-state index in [4.69, 9.17) is 9.47 Å². The van der Waals surface area contributed by atoms with Crippen LogP contribution in [0.25, 0.3) is 0 Å². The molecule has 86 valence electrons. The first kappa shape index (κ1) is 11.3. The number of rotatable bonds is 4. The number of hydrogen-bond acceptors (Lipinski definition) is 3. The average molecular weight is 220 g/mol. The number of Topliss-reactive ketones (excluding diaryl/α,β-unsaturated/α-hetero) is 1. The fourth-order valence-corrected chi connectivity index (χ4v) is 1.78. The van der Waals surface area contributed by atoms with Crippen molar-refractivity contribution in [1.82, 2.24) is 0 Å². The lowest BCUT2D eigenvalue weighted by atomic mass is 10.2. The molecule has 2 rings (SSSR count). The molecule has 3 heteroatoms. The molecule has 0 unspecified atom stereocenters. The molecule has 1 saturated heterocycles. The third-order valence-corrected chi connectivity index (χ3v) is 2.69. The summed E-state index contributed by atoms with van der Waals surface area (Å²) in [5.74, 6) is 0.174. The molecule has 0 aliphatic carbocycles. The minimum Gasteiger partial charge on any atom is -0.374 e. The van der Waals surface area contributed by atoms with Crippen LogP contribution in [0.4, 0.5) is 0 Å². The number of ether oxygens (including phenoxy) is 2. The van der Waals surface area contributed by atoms with E-state index < -0.39 is 0 Å². The van der Waals surface area contributed by atoms with Crippen LogP contribution < -0.4 is 0 Å². The molecule has 1 fully saturated rings. The summed E-state index contributed by atoms with van der Waals surface area (Å²) in [7, 11) is 0. The van der Waals surface area contributed by atoms with Gasteiger partial charge in [-0.2, -0.15) is 0 Å². The van der Waals surface area contributed by atoms with Crippen LogP contribution in [0, 0.1) is 0 Å². The summed E-state index contributed by atoms with van der Waals surface area (Å²) in [5.41, 5.74) is 1.14. The third-order valence-electron chi connectivity index (χ3n) is 2.69. The molecule has 0 aromatic heterocycles. The smallest absolute Gasteiger partial charge is 0.163 e. The van der Waals surface area contributed by atoms with Crippen molar-refractivity contribution in [2.24, 2.45) is 0 Å². The zero-order chi connectivity index (χ0) is 11.4. The van der Waals surface area contributed by atoms with E-state index in [9.17, 15) is 4.79 Å². The molecular weight excluding hydrogens is 204 g/mol. The van der Waals surface area contributed by atoms with Gasteiger partial charge in [0.2, 0.25) is 0 Å². The van der Waals surface area contributed by atoms with Crippen LogP contribution in [0.5, 0.6) is 0 Å². The SMILES string of the molecule is C[C@H]1O[C@H](COCc2ccccc2)CC1=O. The Balaban J connectivity index is 1.71. The highest BCUT2D eigenvalue weighted by molar-refractivity contribution is 5.84. The molecule has 1 aliphatic heterocycles. The van der Waals surface area contributed by atoms with Gasteiger partial charge in [0.25, 0.3) is 0 Å². The molecule has 1 heterocycles. The molecule has 2 atom stereocenters. The van der Waals surface area contributed by atoms with Gasteiger partial charge in [-0.1, -0.05) is 30.3 Å². The van der Waals surface area contributed by atoms with Crippen LogP contribution in [0.3, 0.4) is 0 Å². The number of benzene rings is 1. The highest BCUT2D eigenvalue weighted by Crippen LogP contribution is 2.16. The zero-order valence-electron chi connectivity index (χ0n) is 9.39. The van der Waals surface area contributed by atoms with Gasteiger partial charge >= 0.3 is 0 Å². The Hall–Kier alpha value is -1.19. The van der Waals surface area contributed by atoms with Crippen LogP contribution in [-0.2, 0) is 20.9 Å². The topological polar surface area (TPSA) is 35.5 Å². The van der Waals surface area contributed by atoms with E-state index in [0.29, 0.717) is 19.6 Å². The minimum absolute atomic E-state index is 0.0637. The van der Waals surface area contributed by atoms with Crippen molar-refractivity contribution in [3.8, 4) is 0 Å². The minimum atomic E-state index is -0.259. The molecule has 3 nitrogen and oxygen atoms in total. The largest absolute Gasteiger partial charge is 0.374 e.